The Morgan fingerprint density at radius 3 is 2.71 bits per heavy atom. The van der Waals surface area contributed by atoms with Gasteiger partial charge < -0.3 is 20.1 Å². The van der Waals surface area contributed by atoms with Crippen LogP contribution in [-0.2, 0) is 9.53 Å². The molecule has 1 aliphatic heterocycles. The van der Waals surface area contributed by atoms with E-state index in [9.17, 15) is 19.4 Å². The number of hydrogen-bond acceptors (Lipinski definition) is 4. The molecule has 156 valence electrons. The van der Waals surface area contributed by atoms with Gasteiger partial charge in [-0.3, -0.25) is 4.79 Å². The predicted octanol–water partition coefficient (Wildman–Crippen LogP) is 2.60. The summed E-state index contributed by atoms with van der Waals surface area (Å²) in [6, 6.07) is 0. The SMILES string of the molecule is CCCCC(C)[C@@H](O)/C=C/[C@@H]1[C@H]2C(F)C(/C=C/CCC(=O)O)O[C@H]2C[C@H]1O.[NaH]. The molecule has 0 amide bonds. The number of carboxylic acids is 1. The van der Waals surface area contributed by atoms with Gasteiger partial charge in [0.05, 0.1) is 18.3 Å². The molecule has 2 fully saturated rings. The van der Waals surface area contributed by atoms with Gasteiger partial charge in [0.2, 0.25) is 0 Å². The van der Waals surface area contributed by atoms with Gasteiger partial charge in [0.25, 0.3) is 0 Å². The molecule has 28 heavy (non-hydrogen) atoms. The van der Waals surface area contributed by atoms with Crippen molar-refractivity contribution in [3.63, 3.8) is 0 Å². The van der Waals surface area contributed by atoms with Crippen LogP contribution in [0.3, 0.4) is 0 Å². The molecule has 2 rings (SSSR count). The topological polar surface area (TPSA) is 87.0 Å². The Morgan fingerprint density at radius 1 is 1.36 bits per heavy atom. The molecule has 0 aromatic carbocycles. The van der Waals surface area contributed by atoms with E-state index in [1.807, 2.05) is 6.92 Å². The van der Waals surface area contributed by atoms with E-state index < -0.39 is 36.4 Å². The van der Waals surface area contributed by atoms with Crippen molar-refractivity contribution < 1.29 is 29.2 Å². The molecule has 8 atom stereocenters. The first kappa shape index (κ1) is 25.8. The Balaban J connectivity index is 0.00000392. The van der Waals surface area contributed by atoms with Crippen molar-refractivity contribution in [2.24, 2.45) is 17.8 Å². The minimum atomic E-state index is -1.25. The number of carboxylic acid groups (broad SMARTS) is 1. The van der Waals surface area contributed by atoms with Gasteiger partial charge in [-0.2, -0.15) is 0 Å². The number of aliphatic hydroxyl groups excluding tert-OH is 2. The van der Waals surface area contributed by atoms with E-state index in [1.165, 1.54) is 0 Å². The number of aliphatic hydroxyl groups is 2. The summed E-state index contributed by atoms with van der Waals surface area (Å²) in [5.41, 5.74) is 0. The first-order valence-electron chi connectivity index (χ1n) is 10.1. The summed E-state index contributed by atoms with van der Waals surface area (Å²) in [7, 11) is 0. The Kier molecular flexibility index (Phi) is 11.5. The minimum absolute atomic E-state index is 0. The average molecular weight is 408 g/mol. The fourth-order valence-electron chi connectivity index (χ4n) is 4.09. The number of alkyl halides is 1. The number of carbonyl (C=O) groups is 1. The molecule has 0 bridgehead atoms. The van der Waals surface area contributed by atoms with Crippen molar-refractivity contribution in [2.45, 2.75) is 83.0 Å². The van der Waals surface area contributed by atoms with Crippen molar-refractivity contribution in [1.29, 1.82) is 0 Å². The molecule has 0 aromatic rings. The zero-order valence-corrected chi connectivity index (χ0v) is 16.2. The summed E-state index contributed by atoms with van der Waals surface area (Å²) in [4.78, 5) is 10.5. The van der Waals surface area contributed by atoms with Crippen molar-refractivity contribution in [3.05, 3.63) is 24.3 Å². The first-order valence-corrected chi connectivity index (χ1v) is 10.1. The van der Waals surface area contributed by atoms with E-state index in [0.29, 0.717) is 12.8 Å². The van der Waals surface area contributed by atoms with Crippen molar-refractivity contribution in [3.8, 4) is 0 Å². The van der Waals surface area contributed by atoms with Crippen LogP contribution in [0.1, 0.15) is 52.4 Å². The third-order valence-electron chi connectivity index (χ3n) is 5.78. The fourth-order valence-corrected chi connectivity index (χ4v) is 4.09. The first-order chi connectivity index (χ1) is 12.8. The van der Waals surface area contributed by atoms with Gasteiger partial charge in [0.15, 0.2) is 0 Å². The van der Waals surface area contributed by atoms with Crippen molar-refractivity contribution >= 4 is 35.5 Å². The van der Waals surface area contributed by atoms with E-state index in [2.05, 4.69) is 6.92 Å². The summed E-state index contributed by atoms with van der Waals surface area (Å²) < 4.78 is 20.6. The van der Waals surface area contributed by atoms with Crippen LogP contribution in [0, 0.1) is 17.8 Å². The number of rotatable bonds is 10. The second-order valence-corrected chi connectivity index (χ2v) is 7.90. The summed E-state index contributed by atoms with van der Waals surface area (Å²) in [5, 5.41) is 29.2. The van der Waals surface area contributed by atoms with Crippen LogP contribution in [0.2, 0.25) is 0 Å². The molecule has 1 heterocycles. The molecule has 3 unspecified atom stereocenters. The number of fused-ring (bicyclic) bond motifs is 1. The second-order valence-electron chi connectivity index (χ2n) is 7.90. The number of halogens is 1. The molecule has 0 radical (unpaired) electrons. The van der Waals surface area contributed by atoms with E-state index in [4.69, 9.17) is 9.84 Å². The third-order valence-corrected chi connectivity index (χ3v) is 5.78. The van der Waals surface area contributed by atoms with Gasteiger partial charge in [-0.05, 0) is 18.8 Å². The van der Waals surface area contributed by atoms with Crippen molar-refractivity contribution in [1.82, 2.24) is 0 Å². The summed E-state index contributed by atoms with van der Waals surface area (Å²) in [5.74, 6) is -1.58. The van der Waals surface area contributed by atoms with E-state index >= 15 is 0 Å². The van der Waals surface area contributed by atoms with Crippen LogP contribution >= 0.6 is 0 Å². The Bertz CT molecular complexity index is 541. The standard InChI is InChI=1S/C21H33FO5.Na.H/c1-3-4-7-13(2)15(23)11-10-14-16(24)12-18-20(14)21(22)17(27-18)8-5-6-9-19(25)26;;/h5,8,10-11,13-18,20-21,23-24H,3-4,6-7,9,12H2,1-2H3,(H,25,26);;/b8-5+,11-10+;;/t13?,14-,15-,16+,17?,18-,20+,21?;;/m0../s1. The Hall–Kier alpha value is -0.240. The van der Waals surface area contributed by atoms with Gasteiger partial charge >= 0.3 is 35.5 Å². The van der Waals surface area contributed by atoms with Crippen LogP contribution in [-0.4, -0.2) is 81.4 Å². The molecule has 2 aliphatic rings. The summed E-state index contributed by atoms with van der Waals surface area (Å²) >= 11 is 0. The van der Waals surface area contributed by atoms with Gasteiger partial charge in [-0.25, -0.2) is 4.39 Å². The number of unbranched alkanes of at least 4 members (excludes halogenated alkanes) is 1. The molecule has 7 heteroatoms. The number of ether oxygens (including phenoxy) is 1. The fraction of sp³-hybridized carbons (Fsp3) is 0.762. The second kappa shape index (κ2) is 12.5. The maximum absolute atomic E-state index is 14.9. The van der Waals surface area contributed by atoms with Crippen LogP contribution in [0.25, 0.3) is 0 Å². The molecular weight excluding hydrogens is 374 g/mol. The van der Waals surface area contributed by atoms with Crippen molar-refractivity contribution in [2.75, 3.05) is 0 Å². The van der Waals surface area contributed by atoms with Gasteiger partial charge in [0, 0.05) is 24.7 Å². The average Bonchev–Trinajstić information content (AvgIpc) is 3.09. The van der Waals surface area contributed by atoms with Crippen LogP contribution in [0.5, 0.6) is 0 Å². The molecule has 5 nitrogen and oxygen atoms in total. The summed E-state index contributed by atoms with van der Waals surface area (Å²) in [6.45, 7) is 4.10. The van der Waals surface area contributed by atoms with Gasteiger partial charge in [-0.15, -0.1) is 0 Å². The molecule has 0 spiro atoms. The van der Waals surface area contributed by atoms with Crippen LogP contribution in [0.15, 0.2) is 24.3 Å². The van der Waals surface area contributed by atoms with E-state index in [0.717, 1.165) is 19.3 Å². The van der Waals surface area contributed by atoms with Crippen LogP contribution < -0.4 is 0 Å². The van der Waals surface area contributed by atoms with Crippen LogP contribution in [0.4, 0.5) is 4.39 Å². The number of hydrogen-bond donors (Lipinski definition) is 3. The molecule has 0 aromatic heterocycles. The Labute approximate surface area is 189 Å². The quantitative estimate of drug-likeness (QED) is 0.382. The summed E-state index contributed by atoms with van der Waals surface area (Å²) in [6.07, 6.45) is 6.89. The molecule has 1 aliphatic carbocycles. The zero-order valence-electron chi connectivity index (χ0n) is 16.2. The molecule has 3 N–H and O–H groups in total. The van der Waals surface area contributed by atoms with Gasteiger partial charge in [0.1, 0.15) is 12.3 Å². The molecular formula is C21H34FNaO5. The zero-order chi connectivity index (χ0) is 20.0. The number of aliphatic carboxylic acids is 1. The normalized spacial score (nSPS) is 34.5. The van der Waals surface area contributed by atoms with E-state index in [-0.39, 0.29) is 53.9 Å². The van der Waals surface area contributed by atoms with Gasteiger partial charge in [-0.1, -0.05) is 51.0 Å². The monoisotopic (exact) mass is 408 g/mol. The van der Waals surface area contributed by atoms with E-state index in [1.54, 1.807) is 24.3 Å². The Morgan fingerprint density at radius 2 is 2.07 bits per heavy atom. The predicted molar refractivity (Wildman–Crippen MR) is 108 cm³/mol. The molecule has 1 saturated heterocycles. The third kappa shape index (κ3) is 6.92. The number of allylic oxidation sites excluding steroid dienone is 1. The molecule has 1 saturated carbocycles. The maximum atomic E-state index is 14.9.